The quantitative estimate of drug-likeness (QED) is 0.659. The van der Waals surface area contributed by atoms with E-state index in [1.807, 2.05) is 18.2 Å². The fraction of sp³-hybridized carbons (Fsp3) is 0.571. The summed E-state index contributed by atoms with van der Waals surface area (Å²) in [4.78, 5) is 37.9. The highest BCUT2D eigenvalue weighted by molar-refractivity contribution is 6.05. The highest BCUT2D eigenvalue weighted by Crippen LogP contribution is 2.28. The number of nitrogens with two attached hydrogens (primary N) is 1. The Balaban J connectivity index is 1.36. The summed E-state index contributed by atoms with van der Waals surface area (Å²) >= 11 is 0. The lowest BCUT2D eigenvalue weighted by Gasteiger charge is -2.29. The Labute approximate surface area is 165 Å². The van der Waals surface area contributed by atoms with E-state index < -0.39 is 6.04 Å². The maximum Gasteiger partial charge on any atom is 0.255 e. The molecule has 0 aromatic heterocycles. The van der Waals surface area contributed by atoms with E-state index in [9.17, 15) is 14.4 Å². The third-order valence-corrected chi connectivity index (χ3v) is 6.18. The van der Waals surface area contributed by atoms with Gasteiger partial charge in [0.05, 0.1) is 0 Å². The molecule has 1 aromatic rings. The van der Waals surface area contributed by atoms with E-state index in [0.29, 0.717) is 37.0 Å². The van der Waals surface area contributed by atoms with Crippen LogP contribution in [0.15, 0.2) is 18.2 Å². The summed E-state index contributed by atoms with van der Waals surface area (Å²) in [6.07, 6.45) is 5.31. The average Bonchev–Trinajstić information content (AvgIpc) is 2.98. The molecule has 7 heteroatoms. The molecule has 0 bridgehead atoms. The van der Waals surface area contributed by atoms with Crippen LogP contribution in [0, 0.1) is 5.92 Å². The number of rotatable bonds is 5. The van der Waals surface area contributed by atoms with E-state index in [4.69, 9.17) is 5.73 Å². The Morgan fingerprint density at radius 3 is 2.82 bits per heavy atom. The largest absolute Gasteiger partial charge is 0.328 e. The minimum absolute atomic E-state index is 0.121. The molecule has 150 valence electrons. The summed E-state index contributed by atoms with van der Waals surface area (Å²) in [6, 6.07) is 5.72. The van der Waals surface area contributed by atoms with Gasteiger partial charge in [-0.25, -0.2) is 0 Å². The molecule has 4 N–H and O–H groups in total. The minimum atomic E-state index is -0.560. The van der Waals surface area contributed by atoms with E-state index in [2.05, 4.69) is 10.6 Å². The number of hydrogen-bond acceptors (Lipinski definition) is 5. The van der Waals surface area contributed by atoms with Gasteiger partial charge in [-0.2, -0.15) is 0 Å². The zero-order valence-electron chi connectivity index (χ0n) is 16.1. The van der Waals surface area contributed by atoms with Gasteiger partial charge in [0.25, 0.3) is 5.91 Å². The molecule has 3 atom stereocenters. The highest BCUT2D eigenvalue weighted by atomic mass is 16.2. The summed E-state index contributed by atoms with van der Waals surface area (Å²) in [6.45, 7) is 2.08. The van der Waals surface area contributed by atoms with Crippen molar-refractivity contribution in [3.8, 4) is 0 Å². The van der Waals surface area contributed by atoms with Gasteiger partial charge in [-0.15, -0.1) is 0 Å². The maximum absolute atomic E-state index is 12.9. The first-order chi connectivity index (χ1) is 13.5. The van der Waals surface area contributed by atoms with Crippen LogP contribution in [0.2, 0.25) is 0 Å². The van der Waals surface area contributed by atoms with Gasteiger partial charge in [-0.1, -0.05) is 18.6 Å². The van der Waals surface area contributed by atoms with Crippen molar-refractivity contribution in [2.75, 3.05) is 6.54 Å². The van der Waals surface area contributed by atoms with Crippen molar-refractivity contribution in [1.82, 2.24) is 15.5 Å². The molecule has 3 aliphatic rings. The van der Waals surface area contributed by atoms with Gasteiger partial charge in [0.15, 0.2) is 0 Å². The van der Waals surface area contributed by atoms with Gasteiger partial charge >= 0.3 is 0 Å². The molecule has 0 radical (unpaired) electrons. The number of amides is 3. The summed E-state index contributed by atoms with van der Waals surface area (Å²) < 4.78 is 0. The van der Waals surface area contributed by atoms with Crippen LogP contribution in [-0.4, -0.2) is 41.2 Å². The SMILES string of the molecule is N[C@@H]1CCC[C@@H](CNCc2ccc3c(c2)C(=O)N(C2CCC(=O)NC2=O)C3)C1. The van der Waals surface area contributed by atoms with Crippen LogP contribution < -0.4 is 16.4 Å². The predicted octanol–water partition coefficient (Wildman–Crippen LogP) is 1.05. The van der Waals surface area contributed by atoms with Gasteiger partial charge in [0.1, 0.15) is 6.04 Å². The summed E-state index contributed by atoms with van der Waals surface area (Å²) in [5, 5.41) is 5.84. The smallest absolute Gasteiger partial charge is 0.255 e. The second kappa shape index (κ2) is 8.01. The molecular weight excluding hydrogens is 356 g/mol. The van der Waals surface area contributed by atoms with Crippen LogP contribution in [0.3, 0.4) is 0 Å². The molecule has 0 spiro atoms. The number of carbonyl (C=O) groups excluding carboxylic acids is 3. The lowest BCUT2D eigenvalue weighted by molar-refractivity contribution is -0.136. The van der Waals surface area contributed by atoms with Crippen LogP contribution >= 0.6 is 0 Å². The zero-order chi connectivity index (χ0) is 19.7. The molecule has 1 saturated carbocycles. The third kappa shape index (κ3) is 3.95. The Kier molecular flexibility index (Phi) is 5.46. The van der Waals surface area contributed by atoms with E-state index in [-0.39, 0.29) is 24.1 Å². The Bertz CT molecular complexity index is 794. The van der Waals surface area contributed by atoms with E-state index in [1.54, 1.807) is 4.90 Å². The van der Waals surface area contributed by atoms with Crippen molar-refractivity contribution in [1.29, 1.82) is 0 Å². The molecule has 1 aromatic carbocycles. The van der Waals surface area contributed by atoms with Crippen LogP contribution in [0.5, 0.6) is 0 Å². The van der Waals surface area contributed by atoms with Gasteiger partial charge < -0.3 is 16.0 Å². The number of hydrogen-bond donors (Lipinski definition) is 3. The molecule has 2 fully saturated rings. The first-order valence-electron chi connectivity index (χ1n) is 10.2. The van der Waals surface area contributed by atoms with Crippen molar-refractivity contribution in [2.45, 2.75) is 63.7 Å². The van der Waals surface area contributed by atoms with Crippen LogP contribution in [0.25, 0.3) is 0 Å². The second-order valence-electron chi connectivity index (χ2n) is 8.32. The van der Waals surface area contributed by atoms with Crippen LogP contribution in [0.4, 0.5) is 0 Å². The lowest BCUT2D eigenvalue weighted by Crippen LogP contribution is -2.52. The monoisotopic (exact) mass is 384 g/mol. The van der Waals surface area contributed by atoms with Crippen molar-refractivity contribution in [3.63, 3.8) is 0 Å². The molecule has 1 unspecified atom stereocenters. The Hall–Kier alpha value is -2.25. The number of benzene rings is 1. The zero-order valence-corrected chi connectivity index (χ0v) is 16.1. The molecule has 3 amide bonds. The Morgan fingerprint density at radius 1 is 1.18 bits per heavy atom. The van der Waals surface area contributed by atoms with Crippen molar-refractivity contribution in [2.24, 2.45) is 11.7 Å². The first-order valence-corrected chi connectivity index (χ1v) is 10.2. The predicted molar refractivity (Wildman–Crippen MR) is 104 cm³/mol. The number of imide groups is 1. The van der Waals surface area contributed by atoms with Gasteiger partial charge in [0.2, 0.25) is 11.8 Å². The molecule has 2 heterocycles. The number of nitrogens with one attached hydrogen (secondary N) is 2. The topological polar surface area (TPSA) is 105 Å². The summed E-state index contributed by atoms with van der Waals surface area (Å²) in [5.74, 6) is -0.130. The third-order valence-electron chi connectivity index (χ3n) is 6.18. The van der Waals surface area contributed by atoms with Gasteiger partial charge in [-0.3, -0.25) is 19.7 Å². The lowest BCUT2D eigenvalue weighted by atomic mass is 9.86. The van der Waals surface area contributed by atoms with E-state index in [1.165, 1.54) is 12.8 Å². The van der Waals surface area contributed by atoms with Crippen molar-refractivity contribution < 1.29 is 14.4 Å². The van der Waals surface area contributed by atoms with Gasteiger partial charge in [-0.05, 0) is 55.3 Å². The van der Waals surface area contributed by atoms with Crippen molar-refractivity contribution >= 4 is 17.7 Å². The van der Waals surface area contributed by atoms with E-state index >= 15 is 0 Å². The molecule has 1 saturated heterocycles. The normalized spacial score (nSPS) is 27.7. The number of carbonyl (C=O) groups is 3. The molecule has 1 aliphatic carbocycles. The Morgan fingerprint density at radius 2 is 2.04 bits per heavy atom. The summed E-state index contributed by atoms with van der Waals surface area (Å²) in [5.41, 5.74) is 8.74. The molecule has 4 rings (SSSR count). The molecule has 7 nitrogen and oxygen atoms in total. The van der Waals surface area contributed by atoms with Crippen molar-refractivity contribution in [3.05, 3.63) is 34.9 Å². The maximum atomic E-state index is 12.9. The average molecular weight is 384 g/mol. The second-order valence-corrected chi connectivity index (χ2v) is 8.32. The number of fused-ring (bicyclic) bond motifs is 1. The molecule has 2 aliphatic heterocycles. The van der Waals surface area contributed by atoms with Crippen LogP contribution in [-0.2, 0) is 22.7 Å². The minimum Gasteiger partial charge on any atom is -0.328 e. The highest BCUT2D eigenvalue weighted by Gasteiger charge is 2.39. The van der Waals surface area contributed by atoms with Crippen LogP contribution in [0.1, 0.15) is 60.0 Å². The standard InChI is InChI=1S/C21H28N4O3/c22-16-3-1-2-13(8-16)10-23-11-14-4-5-15-12-25(21(28)17(15)9-14)18-6-7-19(26)24-20(18)27/h4-5,9,13,16,18,23H,1-3,6-8,10-12,22H2,(H,24,26,27)/t13-,16-,18?/m1/s1. The number of nitrogens with zero attached hydrogens (tertiary/aromatic N) is 1. The first kappa shape index (κ1) is 19.1. The fourth-order valence-corrected chi connectivity index (χ4v) is 4.65. The fourth-order valence-electron chi connectivity index (χ4n) is 4.65. The van der Waals surface area contributed by atoms with E-state index in [0.717, 1.165) is 30.5 Å². The van der Waals surface area contributed by atoms with Gasteiger partial charge in [0, 0.05) is 31.1 Å². The molecule has 28 heavy (non-hydrogen) atoms. The number of piperidine rings is 1. The summed E-state index contributed by atoms with van der Waals surface area (Å²) in [7, 11) is 0. The molecular formula is C21H28N4O3.